The first-order chi connectivity index (χ1) is 13.6. The van der Waals surface area contributed by atoms with Gasteiger partial charge in [0.1, 0.15) is 5.58 Å². The predicted octanol–water partition coefficient (Wildman–Crippen LogP) is 2.21. The van der Waals surface area contributed by atoms with Gasteiger partial charge in [0.25, 0.3) is 0 Å². The standard InChI is InChI=1S/C18H19N5O4S/c1-11(24)19-13-4-5-15-12(7-17(25)27-16(15)8-13)10-28-18-20-21-22-23(18)9-14-3-2-6-26-14/h4-5,7-8,14H,2-3,6,9-10H2,1H3,(H,19,24). The van der Waals surface area contributed by atoms with E-state index in [2.05, 4.69) is 20.8 Å². The number of tetrazole rings is 1. The van der Waals surface area contributed by atoms with Crippen molar-refractivity contribution in [1.82, 2.24) is 20.2 Å². The number of rotatable bonds is 6. The lowest BCUT2D eigenvalue weighted by molar-refractivity contribution is -0.114. The second-order valence-corrected chi connectivity index (χ2v) is 7.49. The maximum atomic E-state index is 12.0. The molecule has 0 saturated carbocycles. The van der Waals surface area contributed by atoms with Gasteiger partial charge < -0.3 is 14.5 Å². The summed E-state index contributed by atoms with van der Waals surface area (Å²) in [6, 6.07) is 6.73. The number of hydrogen-bond donors (Lipinski definition) is 1. The quantitative estimate of drug-likeness (QED) is 0.494. The van der Waals surface area contributed by atoms with Gasteiger partial charge in [0.2, 0.25) is 11.1 Å². The van der Waals surface area contributed by atoms with Gasteiger partial charge in [-0.05, 0) is 41.0 Å². The van der Waals surface area contributed by atoms with Gasteiger partial charge in [-0.2, -0.15) is 0 Å². The van der Waals surface area contributed by atoms with Crippen LogP contribution in [0.25, 0.3) is 11.0 Å². The van der Waals surface area contributed by atoms with E-state index < -0.39 is 5.63 Å². The summed E-state index contributed by atoms with van der Waals surface area (Å²) in [5.74, 6) is 0.319. The molecule has 0 radical (unpaired) electrons. The van der Waals surface area contributed by atoms with Crippen molar-refractivity contribution in [2.45, 2.75) is 43.3 Å². The molecule has 1 N–H and O–H groups in total. The van der Waals surface area contributed by atoms with Gasteiger partial charge in [0.15, 0.2) is 0 Å². The van der Waals surface area contributed by atoms with E-state index in [4.69, 9.17) is 9.15 Å². The molecule has 3 heterocycles. The molecule has 9 nitrogen and oxygen atoms in total. The fraction of sp³-hybridized carbons (Fsp3) is 0.389. The summed E-state index contributed by atoms with van der Waals surface area (Å²) in [5, 5.41) is 16.1. The zero-order valence-corrected chi connectivity index (χ0v) is 16.1. The number of carbonyl (C=O) groups excluding carboxylic acids is 1. The van der Waals surface area contributed by atoms with Crippen molar-refractivity contribution < 1.29 is 13.9 Å². The topological polar surface area (TPSA) is 112 Å². The molecule has 0 aliphatic carbocycles. The summed E-state index contributed by atoms with van der Waals surface area (Å²) < 4.78 is 12.7. The molecule has 1 amide bonds. The van der Waals surface area contributed by atoms with Gasteiger partial charge in [-0.15, -0.1) is 5.10 Å². The Kier molecular flexibility index (Phi) is 5.40. The molecule has 28 heavy (non-hydrogen) atoms. The summed E-state index contributed by atoms with van der Waals surface area (Å²) in [6.45, 7) is 2.82. The number of benzene rings is 1. The number of thioether (sulfide) groups is 1. The van der Waals surface area contributed by atoms with Crippen molar-refractivity contribution in [3.63, 3.8) is 0 Å². The summed E-state index contributed by atoms with van der Waals surface area (Å²) >= 11 is 1.45. The summed E-state index contributed by atoms with van der Waals surface area (Å²) in [7, 11) is 0. The van der Waals surface area contributed by atoms with E-state index in [0.29, 0.717) is 28.7 Å². The van der Waals surface area contributed by atoms with Crippen molar-refractivity contribution >= 4 is 34.3 Å². The third-order valence-corrected chi connectivity index (χ3v) is 5.41. The van der Waals surface area contributed by atoms with Gasteiger partial charge in [-0.25, -0.2) is 9.48 Å². The van der Waals surface area contributed by atoms with Crippen LogP contribution in [0, 0.1) is 0 Å². The van der Waals surface area contributed by atoms with Crippen LogP contribution in [0.1, 0.15) is 25.3 Å². The second-order valence-electron chi connectivity index (χ2n) is 6.55. The van der Waals surface area contributed by atoms with Gasteiger partial charge in [0, 0.05) is 42.5 Å². The molecular weight excluding hydrogens is 382 g/mol. The van der Waals surface area contributed by atoms with E-state index >= 15 is 0 Å². The maximum absolute atomic E-state index is 12.0. The molecule has 0 spiro atoms. The van der Waals surface area contributed by atoms with Crippen LogP contribution in [0.3, 0.4) is 0 Å². The molecular formula is C18H19N5O4S. The van der Waals surface area contributed by atoms with Gasteiger partial charge in [-0.3, -0.25) is 4.79 Å². The van der Waals surface area contributed by atoms with Crippen molar-refractivity contribution in [2.75, 3.05) is 11.9 Å². The summed E-state index contributed by atoms with van der Waals surface area (Å²) in [4.78, 5) is 23.2. The highest BCUT2D eigenvalue weighted by molar-refractivity contribution is 7.98. The molecule has 1 aliphatic rings. The third kappa shape index (κ3) is 4.23. The number of nitrogens with one attached hydrogen (secondary N) is 1. The first-order valence-electron chi connectivity index (χ1n) is 8.93. The van der Waals surface area contributed by atoms with E-state index in [0.717, 1.165) is 30.4 Å². The van der Waals surface area contributed by atoms with E-state index in [1.54, 1.807) is 16.8 Å². The normalized spacial score (nSPS) is 16.5. The number of nitrogens with zero attached hydrogens (tertiary/aromatic N) is 4. The second kappa shape index (κ2) is 8.11. The number of fused-ring (bicyclic) bond motifs is 1. The van der Waals surface area contributed by atoms with Gasteiger partial charge in [-0.1, -0.05) is 11.8 Å². The SMILES string of the molecule is CC(=O)Nc1ccc2c(CSc3nnnn3CC3CCCO3)cc(=O)oc2c1. The molecule has 146 valence electrons. The van der Waals surface area contributed by atoms with Crippen LogP contribution in [-0.2, 0) is 21.8 Å². The van der Waals surface area contributed by atoms with Gasteiger partial charge in [0.05, 0.1) is 12.6 Å². The van der Waals surface area contributed by atoms with Crippen LogP contribution in [0.15, 0.2) is 38.6 Å². The minimum atomic E-state index is -0.443. The van der Waals surface area contributed by atoms with Crippen molar-refractivity contribution in [3.8, 4) is 0 Å². The van der Waals surface area contributed by atoms with Crippen LogP contribution in [-0.4, -0.2) is 38.8 Å². The first-order valence-corrected chi connectivity index (χ1v) is 9.92. The van der Waals surface area contributed by atoms with Crippen molar-refractivity contribution in [2.24, 2.45) is 0 Å². The van der Waals surface area contributed by atoms with Crippen molar-refractivity contribution in [1.29, 1.82) is 0 Å². The molecule has 3 aromatic rings. The zero-order valence-electron chi connectivity index (χ0n) is 15.3. The average molecular weight is 401 g/mol. The fourth-order valence-electron chi connectivity index (χ4n) is 3.17. The third-order valence-electron chi connectivity index (χ3n) is 4.41. The molecule has 1 atom stereocenters. The van der Waals surface area contributed by atoms with Crippen LogP contribution in [0.5, 0.6) is 0 Å². The Morgan fingerprint density at radius 1 is 1.39 bits per heavy atom. The average Bonchev–Trinajstić information content (AvgIpc) is 3.31. The summed E-state index contributed by atoms with van der Waals surface area (Å²) in [5.41, 5.74) is 1.38. The van der Waals surface area contributed by atoms with Crippen LogP contribution >= 0.6 is 11.8 Å². The highest BCUT2D eigenvalue weighted by atomic mass is 32.2. The Labute approximate surface area is 164 Å². The fourth-order valence-corrected chi connectivity index (χ4v) is 4.05. The molecule has 2 aromatic heterocycles. The largest absolute Gasteiger partial charge is 0.423 e. The van der Waals surface area contributed by atoms with Gasteiger partial charge >= 0.3 is 5.63 Å². The monoisotopic (exact) mass is 401 g/mol. The molecule has 1 aromatic carbocycles. The van der Waals surface area contributed by atoms with E-state index in [9.17, 15) is 9.59 Å². The van der Waals surface area contributed by atoms with E-state index in [1.165, 1.54) is 24.8 Å². The Morgan fingerprint density at radius 2 is 2.29 bits per heavy atom. The highest BCUT2D eigenvalue weighted by Gasteiger charge is 2.19. The van der Waals surface area contributed by atoms with Crippen LogP contribution < -0.4 is 10.9 Å². The molecule has 1 fully saturated rings. The Balaban J connectivity index is 1.54. The summed E-state index contributed by atoms with van der Waals surface area (Å²) in [6.07, 6.45) is 2.20. The van der Waals surface area contributed by atoms with Crippen molar-refractivity contribution in [3.05, 3.63) is 40.2 Å². The lowest BCUT2D eigenvalue weighted by Crippen LogP contribution is -2.16. The Bertz CT molecular complexity index is 1060. The van der Waals surface area contributed by atoms with Crippen LogP contribution in [0.4, 0.5) is 5.69 Å². The minimum absolute atomic E-state index is 0.139. The lowest BCUT2D eigenvalue weighted by Gasteiger charge is -2.10. The maximum Gasteiger partial charge on any atom is 0.336 e. The Morgan fingerprint density at radius 3 is 3.07 bits per heavy atom. The predicted molar refractivity (Wildman–Crippen MR) is 103 cm³/mol. The number of anilines is 1. The smallest absolute Gasteiger partial charge is 0.336 e. The molecule has 1 saturated heterocycles. The molecule has 4 rings (SSSR count). The lowest BCUT2D eigenvalue weighted by atomic mass is 10.1. The molecule has 1 aliphatic heterocycles. The van der Waals surface area contributed by atoms with E-state index in [-0.39, 0.29) is 12.0 Å². The Hall–Kier alpha value is -2.72. The molecule has 0 bridgehead atoms. The number of aromatic nitrogens is 4. The zero-order chi connectivity index (χ0) is 19.5. The first kappa shape index (κ1) is 18.6. The molecule has 1 unspecified atom stereocenters. The number of hydrogen-bond acceptors (Lipinski definition) is 8. The highest BCUT2D eigenvalue weighted by Crippen LogP contribution is 2.27. The minimum Gasteiger partial charge on any atom is -0.423 e. The van der Waals surface area contributed by atoms with Crippen LogP contribution in [0.2, 0.25) is 0 Å². The van der Waals surface area contributed by atoms with E-state index in [1.807, 2.05) is 6.07 Å². The number of carbonyl (C=O) groups is 1. The number of amides is 1. The molecule has 10 heteroatoms. The number of ether oxygens (including phenoxy) is 1.